The van der Waals surface area contributed by atoms with Crippen molar-refractivity contribution in [3.63, 3.8) is 0 Å². The van der Waals surface area contributed by atoms with Crippen molar-refractivity contribution in [2.24, 2.45) is 11.7 Å². The number of nitrogens with one attached hydrogen (secondary N) is 1. The third-order valence-electron chi connectivity index (χ3n) is 3.97. The highest BCUT2D eigenvalue weighted by Crippen LogP contribution is 2.29. The highest BCUT2D eigenvalue weighted by Gasteiger charge is 2.26. The number of piperidine rings is 1. The van der Waals surface area contributed by atoms with Crippen molar-refractivity contribution in [1.29, 1.82) is 0 Å². The Morgan fingerprint density at radius 1 is 1.52 bits per heavy atom. The molecule has 1 amide bonds. The minimum absolute atomic E-state index is 0. The Kier molecular flexibility index (Phi) is 7.94. The number of hydrogen-bond donors (Lipinski definition) is 2. The van der Waals surface area contributed by atoms with Gasteiger partial charge in [0.05, 0.1) is 12.5 Å². The van der Waals surface area contributed by atoms with Crippen LogP contribution < -0.4 is 11.1 Å². The van der Waals surface area contributed by atoms with Crippen LogP contribution in [0.5, 0.6) is 0 Å². The summed E-state index contributed by atoms with van der Waals surface area (Å²) in [5, 5.41) is 4.05. The minimum atomic E-state index is 0. The van der Waals surface area contributed by atoms with Crippen LogP contribution in [-0.4, -0.2) is 42.0 Å². The van der Waals surface area contributed by atoms with Gasteiger partial charge in [-0.3, -0.25) is 9.69 Å². The summed E-state index contributed by atoms with van der Waals surface area (Å²) in [6.45, 7) is 10.4. The molecule has 2 rings (SSSR count). The van der Waals surface area contributed by atoms with Crippen LogP contribution in [0, 0.1) is 5.92 Å². The SMILES string of the molecule is CC(C)(C)c1cnc(CN2CCCC(C(=O)NCCN)C2)s1.Cl. The molecule has 1 saturated heterocycles. The van der Waals surface area contributed by atoms with Crippen molar-refractivity contribution in [3.8, 4) is 0 Å². The second-order valence-corrected chi connectivity index (χ2v) is 8.14. The minimum Gasteiger partial charge on any atom is -0.355 e. The number of nitrogens with zero attached hydrogens (tertiary/aromatic N) is 2. The second kappa shape index (κ2) is 8.97. The van der Waals surface area contributed by atoms with Crippen molar-refractivity contribution in [3.05, 3.63) is 16.1 Å². The normalized spacial score (nSPS) is 19.2. The van der Waals surface area contributed by atoms with Gasteiger partial charge < -0.3 is 11.1 Å². The number of carbonyl (C=O) groups is 1. The van der Waals surface area contributed by atoms with Crippen LogP contribution in [0.25, 0.3) is 0 Å². The number of hydrogen-bond acceptors (Lipinski definition) is 5. The monoisotopic (exact) mass is 360 g/mol. The Balaban J connectivity index is 0.00000264. The summed E-state index contributed by atoms with van der Waals surface area (Å²) in [5.74, 6) is 0.229. The zero-order chi connectivity index (χ0) is 16.2. The summed E-state index contributed by atoms with van der Waals surface area (Å²) >= 11 is 1.79. The fraction of sp³-hybridized carbons (Fsp3) is 0.750. The number of aromatic nitrogens is 1. The first kappa shape index (κ1) is 20.4. The van der Waals surface area contributed by atoms with Crippen molar-refractivity contribution in [2.75, 3.05) is 26.2 Å². The van der Waals surface area contributed by atoms with Gasteiger partial charge in [0, 0.05) is 30.7 Å². The first-order chi connectivity index (χ1) is 10.4. The molecule has 5 nitrogen and oxygen atoms in total. The van der Waals surface area contributed by atoms with Gasteiger partial charge in [-0.15, -0.1) is 23.7 Å². The second-order valence-electron chi connectivity index (χ2n) is 7.02. The molecule has 3 N–H and O–H groups in total. The zero-order valence-corrected chi connectivity index (χ0v) is 15.9. The van der Waals surface area contributed by atoms with Crippen molar-refractivity contribution < 1.29 is 4.79 Å². The van der Waals surface area contributed by atoms with E-state index in [4.69, 9.17) is 5.73 Å². The summed E-state index contributed by atoms with van der Waals surface area (Å²) < 4.78 is 0. The van der Waals surface area contributed by atoms with Crippen LogP contribution in [0.3, 0.4) is 0 Å². The largest absolute Gasteiger partial charge is 0.355 e. The molecule has 1 fully saturated rings. The zero-order valence-electron chi connectivity index (χ0n) is 14.3. The van der Waals surface area contributed by atoms with Gasteiger partial charge in [-0.2, -0.15) is 0 Å². The Hall–Kier alpha value is -0.690. The van der Waals surface area contributed by atoms with Gasteiger partial charge in [-0.1, -0.05) is 20.8 Å². The number of halogens is 1. The quantitative estimate of drug-likeness (QED) is 0.844. The number of rotatable bonds is 5. The number of nitrogens with two attached hydrogens (primary N) is 1. The standard InChI is InChI=1S/C16H28N4OS.ClH/c1-16(2,3)13-9-19-14(22-13)11-20-8-4-5-12(10-20)15(21)18-7-6-17;/h9,12H,4-8,10-11,17H2,1-3H3,(H,18,21);1H. The maximum absolute atomic E-state index is 12.1. The van der Waals surface area contributed by atoms with E-state index < -0.39 is 0 Å². The van der Waals surface area contributed by atoms with E-state index in [1.165, 1.54) is 4.88 Å². The first-order valence-electron chi connectivity index (χ1n) is 8.05. The molecule has 1 aliphatic rings. The van der Waals surface area contributed by atoms with Gasteiger partial charge >= 0.3 is 0 Å². The first-order valence-corrected chi connectivity index (χ1v) is 8.87. The van der Waals surface area contributed by atoms with E-state index >= 15 is 0 Å². The van der Waals surface area contributed by atoms with E-state index in [0.717, 1.165) is 37.5 Å². The van der Waals surface area contributed by atoms with Crippen molar-refractivity contribution >= 4 is 29.7 Å². The van der Waals surface area contributed by atoms with Crippen LogP contribution in [0.1, 0.15) is 43.5 Å². The molecule has 1 atom stereocenters. The van der Waals surface area contributed by atoms with E-state index in [1.807, 2.05) is 6.20 Å². The van der Waals surface area contributed by atoms with Gasteiger partial charge in [0.1, 0.15) is 5.01 Å². The third kappa shape index (κ3) is 6.03. The Labute approximate surface area is 149 Å². The Bertz CT molecular complexity index is 501. The summed E-state index contributed by atoms with van der Waals surface area (Å²) in [6.07, 6.45) is 4.03. The molecule has 0 aromatic carbocycles. The smallest absolute Gasteiger partial charge is 0.224 e. The molecule has 0 radical (unpaired) electrons. The molecule has 132 valence electrons. The molecule has 23 heavy (non-hydrogen) atoms. The lowest BCUT2D eigenvalue weighted by atomic mass is 9.96. The summed E-state index contributed by atoms with van der Waals surface area (Å²) in [6, 6.07) is 0. The Morgan fingerprint density at radius 2 is 2.26 bits per heavy atom. The number of likely N-dealkylation sites (tertiary alicyclic amines) is 1. The molecular weight excluding hydrogens is 332 g/mol. The summed E-state index contributed by atoms with van der Waals surface area (Å²) in [4.78, 5) is 20.3. The van der Waals surface area contributed by atoms with Gasteiger partial charge in [0.15, 0.2) is 0 Å². The molecule has 0 aliphatic carbocycles. The molecule has 0 spiro atoms. The third-order valence-corrected chi connectivity index (χ3v) is 5.38. The lowest BCUT2D eigenvalue weighted by molar-refractivity contribution is -0.126. The van der Waals surface area contributed by atoms with E-state index in [2.05, 4.69) is 36.0 Å². The lowest BCUT2D eigenvalue weighted by Crippen LogP contribution is -2.43. The summed E-state index contributed by atoms with van der Waals surface area (Å²) in [7, 11) is 0. The summed E-state index contributed by atoms with van der Waals surface area (Å²) in [5.41, 5.74) is 5.60. The molecule has 1 aromatic heterocycles. The van der Waals surface area contributed by atoms with Crippen molar-refractivity contribution in [1.82, 2.24) is 15.2 Å². The predicted molar refractivity (Wildman–Crippen MR) is 98.1 cm³/mol. The van der Waals surface area contributed by atoms with Crippen LogP contribution in [0.2, 0.25) is 0 Å². The van der Waals surface area contributed by atoms with Crippen LogP contribution in [0.15, 0.2) is 6.20 Å². The molecule has 1 unspecified atom stereocenters. The molecule has 0 saturated carbocycles. The van der Waals surface area contributed by atoms with Crippen LogP contribution in [0.4, 0.5) is 0 Å². The average Bonchev–Trinajstić information content (AvgIpc) is 2.93. The molecule has 7 heteroatoms. The van der Waals surface area contributed by atoms with Crippen molar-refractivity contribution in [2.45, 2.75) is 45.6 Å². The molecule has 1 aliphatic heterocycles. The predicted octanol–water partition coefficient (Wildman–Crippen LogP) is 2.15. The fourth-order valence-corrected chi connectivity index (χ4v) is 3.69. The maximum atomic E-state index is 12.1. The van der Waals surface area contributed by atoms with Gasteiger partial charge in [0.2, 0.25) is 5.91 Å². The fourth-order valence-electron chi connectivity index (χ4n) is 2.67. The maximum Gasteiger partial charge on any atom is 0.224 e. The van der Waals surface area contributed by atoms with Gasteiger partial charge in [0.25, 0.3) is 0 Å². The van der Waals surface area contributed by atoms with E-state index in [1.54, 1.807) is 11.3 Å². The van der Waals surface area contributed by atoms with E-state index in [0.29, 0.717) is 13.1 Å². The lowest BCUT2D eigenvalue weighted by Gasteiger charge is -2.31. The van der Waals surface area contributed by atoms with Crippen LogP contribution >= 0.6 is 23.7 Å². The number of thiazole rings is 1. The number of carbonyl (C=O) groups excluding carboxylic acids is 1. The van der Waals surface area contributed by atoms with Crippen LogP contribution in [-0.2, 0) is 16.8 Å². The van der Waals surface area contributed by atoms with E-state index in [9.17, 15) is 4.79 Å². The highest BCUT2D eigenvalue weighted by molar-refractivity contribution is 7.11. The van der Waals surface area contributed by atoms with Gasteiger partial charge in [-0.25, -0.2) is 4.98 Å². The van der Waals surface area contributed by atoms with Gasteiger partial charge in [-0.05, 0) is 24.8 Å². The molecule has 2 heterocycles. The molecule has 0 bridgehead atoms. The number of amides is 1. The van der Waals surface area contributed by atoms with E-state index in [-0.39, 0.29) is 29.6 Å². The highest BCUT2D eigenvalue weighted by atomic mass is 35.5. The Morgan fingerprint density at radius 3 is 2.87 bits per heavy atom. The molecule has 1 aromatic rings. The average molecular weight is 361 g/mol. The molecular formula is C16H29ClN4OS. The topological polar surface area (TPSA) is 71.2 Å².